The molecule has 3 aromatic rings. The highest BCUT2D eigenvalue weighted by Gasteiger charge is 2.41. The Morgan fingerprint density at radius 1 is 0.935 bits per heavy atom. The molecule has 2 nitrogen and oxygen atoms in total. The van der Waals surface area contributed by atoms with E-state index in [-0.39, 0.29) is 11.2 Å². The molecule has 0 saturated heterocycles. The molecule has 0 saturated carbocycles. The number of ketones is 1. The number of hydrogen-bond acceptors (Lipinski definition) is 2. The first kappa shape index (κ1) is 19.9. The Labute approximate surface area is 178 Å². The molecule has 1 atom stereocenters. The molecule has 0 spiro atoms. The van der Waals surface area contributed by atoms with E-state index >= 15 is 0 Å². The smallest absolute Gasteiger partial charge is 0.358 e. The summed E-state index contributed by atoms with van der Waals surface area (Å²) in [5.41, 5.74) is 3.28. The van der Waals surface area contributed by atoms with Crippen LogP contribution >= 0.6 is 0 Å². The number of halogens is 3. The van der Waals surface area contributed by atoms with Crippen molar-refractivity contribution in [2.45, 2.75) is 38.8 Å². The molecule has 0 aromatic heterocycles. The Bertz CT molecular complexity index is 1240. The fraction of sp³-hybridized carbons (Fsp3) is 0.269. The minimum Gasteiger partial charge on any atom is -0.358 e. The van der Waals surface area contributed by atoms with Gasteiger partial charge in [-0.25, -0.2) is 0 Å². The number of carbonyl (C=O) groups excluding carboxylic acids is 1. The lowest BCUT2D eigenvalue weighted by Crippen LogP contribution is -2.33. The highest BCUT2D eigenvalue weighted by molar-refractivity contribution is 6.04. The molecular formula is C26H22F3NO. The number of fused-ring (bicyclic) bond motifs is 3. The minimum absolute atomic E-state index is 0.0576. The summed E-state index contributed by atoms with van der Waals surface area (Å²) in [5, 5.41) is 5.53. The molecule has 1 unspecified atom stereocenters. The first-order chi connectivity index (χ1) is 14.6. The fourth-order valence-corrected chi connectivity index (χ4v) is 5.00. The van der Waals surface area contributed by atoms with Crippen LogP contribution < -0.4 is 5.32 Å². The van der Waals surface area contributed by atoms with Gasteiger partial charge in [-0.15, -0.1) is 0 Å². The number of allylic oxidation sites excluding steroid dienone is 2. The lowest BCUT2D eigenvalue weighted by molar-refractivity contribution is -0.137. The van der Waals surface area contributed by atoms with Crippen molar-refractivity contribution in [1.82, 2.24) is 0 Å². The number of carbonyl (C=O) groups is 1. The molecule has 31 heavy (non-hydrogen) atoms. The number of hydrogen-bond donors (Lipinski definition) is 1. The van der Waals surface area contributed by atoms with E-state index in [4.69, 9.17) is 0 Å². The Morgan fingerprint density at radius 3 is 2.35 bits per heavy atom. The SMILES string of the molecule is CC1(C)CC(=O)C2=C(C1)Nc1ccc3ccccc3c1C2c1ccc(C(F)(F)F)cc1. The predicted molar refractivity (Wildman–Crippen MR) is 116 cm³/mol. The zero-order valence-electron chi connectivity index (χ0n) is 17.3. The van der Waals surface area contributed by atoms with Crippen LogP contribution in [0.15, 0.2) is 71.9 Å². The van der Waals surface area contributed by atoms with Gasteiger partial charge in [0.15, 0.2) is 5.78 Å². The third-order valence-electron chi connectivity index (χ3n) is 6.32. The van der Waals surface area contributed by atoms with Crippen molar-refractivity contribution in [2.75, 3.05) is 5.32 Å². The molecule has 0 fully saturated rings. The normalized spacial score (nSPS) is 20.3. The van der Waals surface area contributed by atoms with Crippen molar-refractivity contribution in [3.63, 3.8) is 0 Å². The molecule has 1 aliphatic heterocycles. The summed E-state index contributed by atoms with van der Waals surface area (Å²) in [5.74, 6) is -0.342. The molecule has 2 aliphatic rings. The van der Waals surface area contributed by atoms with Crippen molar-refractivity contribution in [3.05, 3.63) is 88.6 Å². The van der Waals surface area contributed by atoms with E-state index < -0.39 is 17.7 Å². The van der Waals surface area contributed by atoms with Gasteiger partial charge in [-0.1, -0.05) is 56.3 Å². The maximum Gasteiger partial charge on any atom is 0.416 e. The summed E-state index contributed by atoms with van der Waals surface area (Å²) in [6, 6.07) is 17.2. The standard InChI is InChI=1S/C26H22F3NO/c1-25(2)13-20-24(21(31)14-25)22(16-7-10-17(11-8-16)26(27,28)29)23-18-6-4-3-5-15(18)9-12-19(23)30-20/h3-12,22,30H,13-14H2,1-2H3. The number of benzene rings is 3. The van der Waals surface area contributed by atoms with Gasteiger partial charge in [0, 0.05) is 29.3 Å². The van der Waals surface area contributed by atoms with Gasteiger partial charge in [-0.3, -0.25) is 4.79 Å². The second-order valence-electron chi connectivity index (χ2n) is 9.26. The van der Waals surface area contributed by atoms with Crippen LogP contribution in [0.25, 0.3) is 10.8 Å². The van der Waals surface area contributed by atoms with E-state index in [0.717, 1.165) is 46.3 Å². The third-order valence-corrected chi connectivity index (χ3v) is 6.32. The summed E-state index contributed by atoms with van der Waals surface area (Å²) in [6.07, 6.45) is -3.26. The highest BCUT2D eigenvalue weighted by atomic mass is 19.4. The molecule has 1 aliphatic carbocycles. The van der Waals surface area contributed by atoms with Crippen molar-refractivity contribution in [1.29, 1.82) is 0 Å². The minimum atomic E-state index is -4.40. The third kappa shape index (κ3) is 3.32. The van der Waals surface area contributed by atoms with Crippen molar-refractivity contribution in [3.8, 4) is 0 Å². The van der Waals surface area contributed by atoms with Crippen molar-refractivity contribution >= 4 is 22.2 Å². The molecule has 5 heteroatoms. The van der Waals surface area contributed by atoms with Crippen LogP contribution in [0.2, 0.25) is 0 Å². The van der Waals surface area contributed by atoms with Gasteiger partial charge in [0.25, 0.3) is 0 Å². The Balaban J connectivity index is 1.76. The summed E-state index contributed by atoms with van der Waals surface area (Å²) >= 11 is 0. The van der Waals surface area contributed by atoms with E-state index in [1.807, 2.05) is 36.4 Å². The summed E-state index contributed by atoms with van der Waals surface area (Å²) < 4.78 is 39.5. The average Bonchev–Trinajstić information content (AvgIpc) is 2.70. The largest absolute Gasteiger partial charge is 0.416 e. The van der Waals surface area contributed by atoms with Gasteiger partial charge in [-0.2, -0.15) is 13.2 Å². The van der Waals surface area contributed by atoms with Crippen LogP contribution in [0.1, 0.15) is 49.3 Å². The van der Waals surface area contributed by atoms with Crippen LogP contribution in [0, 0.1) is 5.41 Å². The molecule has 158 valence electrons. The number of alkyl halides is 3. The average molecular weight is 421 g/mol. The van der Waals surface area contributed by atoms with Gasteiger partial charge in [-0.05, 0) is 51.9 Å². The van der Waals surface area contributed by atoms with Crippen LogP contribution in [-0.4, -0.2) is 5.78 Å². The van der Waals surface area contributed by atoms with Gasteiger partial charge < -0.3 is 5.32 Å². The molecule has 3 aromatic carbocycles. The second kappa shape index (κ2) is 6.71. The fourth-order valence-electron chi connectivity index (χ4n) is 5.00. The summed E-state index contributed by atoms with van der Waals surface area (Å²) in [6.45, 7) is 4.14. The maximum absolute atomic E-state index is 13.3. The van der Waals surface area contributed by atoms with Gasteiger partial charge in [0.1, 0.15) is 0 Å². The zero-order valence-corrected chi connectivity index (χ0v) is 17.3. The van der Waals surface area contributed by atoms with E-state index in [9.17, 15) is 18.0 Å². The van der Waals surface area contributed by atoms with Crippen LogP contribution in [0.4, 0.5) is 18.9 Å². The first-order valence-corrected chi connectivity index (χ1v) is 10.4. The molecule has 0 bridgehead atoms. The topological polar surface area (TPSA) is 29.1 Å². The Kier molecular flexibility index (Phi) is 4.30. The Morgan fingerprint density at radius 2 is 1.65 bits per heavy atom. The van der Waals surface area contributed by atoms with Gasteiger partial charge in [0.05, 0.1) is 5.56 Å². The lowest BCUT2D eigenvalue weighted by Gasteiger charge is -2.40. The molecule has 5 rings (SSSR count). The molecule has 0 radical (unpaired) electrons. The molecule has 0 amide bonds. The molecule has 1 heterocycles. The van der Waals surface area contributed by atoms with Crippen molar-refractivity contribution in [2.24, 2.45) is 5.41 Å². The molecule has 1 N–H and O–H groups in total. The van der Waals surface area contributed by atoms with Gasteiger partial charge in [0.2, 0.25) is 0 Å². The zero-order chi connectivity index (χ0) is 22.0. The molecular weight excluding hydrogens is 399 g/mol. The van der Waals surface area contributed by atoms with E-state index in [2.05, 4.69) is 19.2 Å². The second-order valence-corrected chi connectivity index (χ2v) is 9.26. The van der Waals surface area contributed by atoms with Crippen LogP contribution in [-0.2, 0) is 11.0 Å². The van der Waals surface area contributed by atoms with Crippen LogP contribution in [0.5, 0.6) is 0 Å². The van der Waals surface area contributed by atoms with E-state index in [0.29, 0.717) is 17.6 Å². The maximum atomic E-state index is 13.3. The summed E-state index contributed by atoms with van der Waals surface area (Å²) in [7, 11) is 0. The monoisotopic (exact) mass is 421 g/mol. The lowest BCUT2D eigenvalue weighted by atomic mass is 9.68. The Hall–Kier alpha value is -3.08. The number of Topliss-reactive ketones (excluding diaryl/α,β-unsaturated/α-hetero) is 1. The first-order valence-electron chi connectivity index (χ1n) is 10.4. The van der Waals surface area contributed by atoms with E-state index in [1.54, 1.807) is 0 Å². The summed E-state index contributed by atoms with van der Waals surface area (Å²) in [4.78, 5) is 13.3. The van der Waals surface area contributed by atoms with Gasteiger partial charge >= 0.3 is 6.18 Å². The van der Waals surface area contributed by atoms with Crippen molar-refractivity contribution < 1.29 is 18.0 Å². The van der Waals surface area contributed by atoms with E-state index in [1.165, 1.54) is 12.1 Å². The highest BCUT2D eigenvalue weighted by Crippen LogP contribution is 2.51. The number of nitrogens with one attached hydrogen (secondary N) is 1. The number of anilines is 1. The number of rotatable bonds is 1. The van der Waals surface area contributed by atoms with Crippen LogP contribution in [0.3, 0.4) is 0 Å². The quantitative estimate of drug-likeness (QED) is 0.456. The predicted octanol–water partition coefficient (Wildman–Crippen LogP) is 7.06.